The van der Waals surface area contributed by atoms with Crippen LogP contribution in [0.15, 0.2) is 0 Å². The number of rotatable bonds is 1. The molecule has 2 saturated heterocycles. The lowest BCUT2D eigenvalue weighted by Crippen LogP contribution is -2.57. The Kier molecular flexibility index (Phi) is 3.26. The van der Waals surface area contributed by atoms with Crippen LogP contribution >= 0.6 is 0 Å². The number of amides is 1. The molecule has 0 aromatic heterocycles. The van der Waals surface area contributed by atoms with E-state index in [2.05, 4.69) is 17.1 Å². The van der Waals surface area contributed by atoms with Crippen molar-refractivity contribution < 1.29 is 9.53 Å². The van der Waals surface area contributed by atoms with Gasteiger partial charge in [-0.05, 0) is 19.8 Å². The Morgan fingerprint density at radius 1 is 1.47 bits per heavy atom. The monoisotopic (exact) mass is 212 g/mol. The molecule has 2 rings (SSSR count). The van der Waals surface area contributed by atoms with E-state index >= 15 is 0 Å². The van der Waals surface area contributed by atoms with Gasteiger partial charge in [-0.3, -0.25) is 4.79 Å². The van der Waals surface area contributed by atoms with Gasteiger partial charge in [0.2, 0.25) is 5.91 Å². The average molecular weight is 212 g/mol. The highest BCUT2D eigenvalue weighted by atomic mass is 16.5. The normalized spacial score (nSPS) is 26.7. The van der Waals surface area contributed by atoms with Crippen molar-refractivity contribution >= 4 is 5.91 Å². The summed E-state index contributed by atoms with van der Waals surface area (Å²) < 4.78 is 5.40. The van der Waals surface area contributed by atoms with Crippen LogP contribution in [-0.2, 0) is 9.53 Å². The Labute approximate surface area is 91.0 Å². The molecule has 2 aliphatic heterocycles. The summed E-state index contributed by atoms with van der Waals surface area (Å²) in [7, 11) is 0. The minimum atomic E-state index is 0.0284. The quantitative estimate of drug-likeness (QED) is 0.683. The highest BCUT2D eigenvalue weighted by molar-refractivity contribution is 5.77. The second-order valence-electron chi connectivity index (χ2n) is 4.40. The van der Waals surface area contributed by atoms with Crippen molar-refractivity contribution in [1.82, 2.24) is 10.2 Å². The van der Waals surface area contributed by atoms with E-state index in [1.54, 1.807) is 0 Å². The molecule has 86 valence electrons. The van der Waals surface area contributed by atoms with Crippen LogP contribution in [0, 0.1) is 0 Å². The van der Waals surface area contributed by atoms with E-state index in [0.717, 1.165) is 45.7 Å². The fourth-order valence-corrected chi connectivity index (χ4v) is 2.72. The molecule has 0 unspecified atom stereocenters. The Balaban J connectivity index is 2.19. The predicted molar refractivity (Wildman–Crippen MR) is 57.7 cm³/mol. The fourth-order valence-electron chi connectivity index (χ4n) is 2.72. The molecule has 0 aromatic rings. The predicted octanol–water partition coefficient (Wildman–Crippen LogP) is 0.377. The van der Waals surface area contributed by atoms with Gasteiger partial charge in [0.05, 0.1) is 5.54 Å². The molecule has 4 heteroatoms. The van der Waals surface area contributed by atoms with Gasteiger partial charge in [-0.25, -0.2) is 0 Å². The zero-order valence-corrected chi connectivity index (χ0v) is 9.42. The summed E-state index contributed by atoms with van der Waals surface area (Å²) in [6.07, 6.45) is 2.58. The molecule has 15 heavy (non-hydrogen) atoms. The maximum absolute atomic E-state index is 12.0. The van der Waals surface area contributed by atoms with E-state index in [0.29, 0.717) is 12.3 Å². The van der Waals surface area contributed by atoms with Gasteiger partial charge in [-0.2, -0.15) is 0 Å². The topological polar surface area (TPSA) is 41.6 Å². The van der Waals surface area contributed by atoms with E-state index in [1.807, 2.05) is 0 Å². The van der Waals surface area contributed by atoms with Crippen LogP contribution in [0.2, 0.25) is 0 Å². The number of hydrogen-bond acceptors (Lipinski definition) is 3. The van der Waals surface area contributed by atoms with Crippen molar-refractivity contribution in [2.24, 2.45) is 0 Å². The Hall–Kier alpha value is -0.610. The van der Waals surface area contributed by atoms with Crippen molar-refractivity contribution in [3.63, 3.8) is 0 Å². The molecule has 1 spiro atoms. The zero-order chi connectivity index (χ0) is 10.7. The fraction of sp³-hybridized carbons (Fsp3) is 0.909. The lowest BCUT2D eigenvalue weighted by Gasteiger charge is -2.45. The maximum atomic E-state index is 12.0. The first-order valence-corrected chi connectivity index (χ1v) is 5.87. The average Bonchev–Trinajstić information content (AvgIpc) is 2.40. The van der Waals surface area contributed by atoms with E-state index in [4.69, 9.17) is 4.74 Å². The van der Waals surface area contributed by atoms with Crippen LogP contribution < -0.4 is 5.32 Å². The van der Waals surface area contributed by atoms with Crippen molar-refractivity contribution in [3.05, 3.63) is 0 Å². The van der Waals surface area contributed by atoms with Gasteiger partial charge in [0.15, 0.2) is 0 Å². The lowest BCUT2D eigenvalue weighted by atomic mass is 9.88. The summed E-state index contributed by atoms with van der Waals surface area (Å²) in [4.78, 5) is 14.0. The lowest BCUT2D eigenvalue weighted by molar-refractivity contribution is -0.139. The second kappa shape index (κ2) is 4.49. The van der Waals surface area contributed by atoms with Crippen LogP contribution in [-0.4, -0.2) is 49.2 Å². The molecule has 4 nitrogen and oxygen atoms in total. The Morgan fingerprint density at radius 2 is 2.20 bits per heavy atom. The standard InChI is InChI=1S/C11H20N2O2/c1-2-13-10(14)3-6-12-9-11(13)4-7-15-8-5-11/h12H,2-9H2,1H3. The summed E-state index contributed by atoms with van der Waals surface area (Å²) in [5.41, 5.74) is 0.0284. The number of hydrogen-bond donors (Lipinski definition) is 1. The van der Waals surface area contributed by atoms with Crippen molar-refractivity contribution in [1.29, 1.82) is 0 Å². The van der Waals surface area contributed by atoms with Gasteiger partial charge in [-0.1, -0.05) is 0 Å². The summed E-state index contributed by atoms with van der Waals surface area (Å²) in [5, 5.41) is 3.38. The highest BCUT2D eigenvalue weighted by Gasteiger charge is 2.41. The largest absolute Gasteiger partial charge is 0.381 e. The highest BCUT2D eigenvalue weighted by Crippen LogP contribution is 2.29. The minimum Gasteiger partial charge on any atom is -0.381 e. The molecule has 0 radical (unpaired) electrons. The molecular weight excluding hydrogens is 192 g/mol. The number of carbonyl (C=O) groups is 1. The van der Waals surface area contributed by atoms with Gasteiger partial charge in [0, 0.05) is 39.3 Å². The SMILES string of the molecule is CCN1C(=O)CCNCC12CCOCC2. The first-order valence-electron chi connectivity index (χ1n) is 5.87. The molecule has 2 fully saturated rings. The zero-order valence-electron chi connectivity index (χ0n) is 9.42. The molecule has 0 aliphatic carbocycles. The summed E-state index contributed by atoms with van der Waals surface area (Å²) >= 11 is 0. The third kappa shape index (κ3) is 2.01. The minimum absolute atomic E-state index is 0.0284. The Bertz CT molecular complexity index is 237. The Morgan fingerprint density at radius 3 is 2.87 bits per heavy atom. The summed E-state index contributed by atoms with van der Waals surface area (Å²) in [5.74, 6) is 0.296. The van der Waals surface area contributed by atoms with E-state index < -0.39 is 0 Å². The maximum Gasteiger partial charge on any atom is 0.224 e. The summed E-state index contributed by atoms with van der Waals surface area (Å²) in [6, 6.07) is 0. The number of ether oxygens (including phenoxy) is 1. The van der Waals surface area contributed by atoms with Crippen LogP contribution in [0.3, 0.4) is 0 Å². The van der Waals surface area contributed by atoms with E-state index in [-0.39, 0.29) is 5.54 Å². The van der Waals surface area contributed by atoms with Gasteiger partial charge in [0.1, 0.15) is 0 Å². The van der Waals surface area contributed by atoms with Gasteiger partial charge in [0.25, 0.3) is 0 Å². The molecule has 0 atom stereocenters. The van der Waals surface area contributed by atoms with Crippen molar-refractivity contribution in [2.75, 3.05) is 32.8 Å². The third-order valence-corrected chi connectivity index (χ3v) is 3.58. The van der Waals surface area contributed by atoms with Crippen LogP contribution in [0.4, 0.5) is 0 Å². The molecular formula is C11H20N2O2. The molecule has 1 amide bonds. The van der Waals surface area contributed by atoms with Crippen LogP contribution in [0.25, 0.3) is 0 Å². The molecule has 0 aromatic carbocycles. The number of carbonyl (C=O) groups excluding carboxylic acids is 1. The smallest absolute Gasteiger partial charge is 0.224 e. The van der Waals surface area contributed by atoms with E-state index in [1.165, 1.54) is 0 Å². The molecule has 0 bridgehead atoms. The van der Waals surface area contributed by atoms with Crippen LogP contribution in [0.1, 0.15) is 26.2 Å². The summed E-state index contributed by atoms with van der Waals surface area (Å²) in [6.45, 7) is 6.20. The van der Waals surface area contributed by atoms with Crippen molar-refractivity contribution in [3.8, 4) is 0 Å². The van der Waals surface area contributed by atoms with Gasteiger partial charge in [-0.15, -0.1) is 0 Å². The molecule has 2 aliphatic rings. The van der Waals surface area contributed by atoms with Gasteiger partial charge < -0.3 is 15.0 Å². The van der Waals surface area contributed by atoms with Crippen LogP contribution in [0.5, 0.6) is 0 Å². The molecule has 2 heterocycles. The second-order valence-corrected chi connectivity index (χ2v) is 4.40. The molecule has 0 saturated carbocycles. The van der Waals surface area contributed by atoms with Gasteiger partial charge >= 0.3 is 0 Å². The number of nitrogens with one attached hydrogen (secondary N) is 1. The molecule has 1 N–H and O–H groups in total. The first-order chi connectivity index (χ1) is 7.28. The van der Waals surface area contributed by atoms with E-state index in [9.17, 15) is 4.79 Å². The third-order valence-electron chi connectivity index (χ3n) is 3.58. The van der Waals surface area contributed by atoms with Crippen molar-refractivity contribution in [2.45, 2.75) is 31.7 Å². The number of likely N-dealkylation sites (N-methyl/N-ethyl adjacent to an activating group) is 1. The first kappa shape index (κ1) is 10.9. The number of nitrogens with zero attached hydrogens (tertiary/aromatic N) is 1.